The van der Waals surface area contributed by atoms with Crippen molar-refractivity contribution >= 4 is 33.5 Å². The molecule has 0 aliphatic heterocycles. The number of aromatic hydroxyl groups is 1. The SMILES string of the molecule is O=C(O)c1cc(-c2c(F)cc(F)cc2Cl)cc(Br)c1O. The number of hydrogen-bond acceptors (Lipinski definition) is 2. The van der Waals surface area contributed by atoms with Gasteiger partial charge in [0.1, 0.15) is 22.9 Å². The summed E-state index contributed by atoms with van der Waals surface area (Å²) in [5.41, 5.74) is -0.458. The van der Waals surface area contributed by atoms with Crippen molar-refractivity contribution in [1.82, 2.24) is 0 Å². The van der Waals surface area contributed by atoms with Crippen molar-refractivity contribution < 1.29 is 23.8 Å². The maximum Gasteiger partial charge on any atom is 0.339 e. The fraction of sp³-hybridized carbons (Fsp3) is 0. The summed E-state index contributed by atoms with van der Waals surface area (Å²) in [5.74, 6) is -3.64. The highest BCUT2D eigenvalue weighted by Gasteiger charge is 2.19. The van der Waals surface area contributed by atoms with Crippen LogP contribution in [-0.4, -0.2) is 16.2 Å². The summed E-state index contributed by atoms with van der Waals surface area (Å²) in [6.07, 6.45) is 0. The predicted octanol–water partition coefficient (Wildman–Crippen LogP) is 4.45. The van der Waals surface area contributed by atoms with Crippen molar-refractivity contribution in [3.05, 3.63) is 51.0 Å². The first-order chi connectivity index (χ1) is 9.31. The van der Waals surface area contributed by atoms with E-state index >= 15 is 0 Å². The summed E-state index contributed by atoms with van der Waals surface area (Å²) in [4.78, 5) is 11.0. The Balaban J connectivity index is 2.74. The highest BCUT2D eigenvalue weighted by molar-refractivity contribution is 9.10. The molecule has 0 aromatic heterocycles. The molecule has 0 aliphatic carbocycles. The third kappa shape index (κ3) is 2.62. The van der Waals surface area contributed by atoms with E-state index in [1.54, 1.807) is 0 Å². The van der Waals surface area contributed by atoms with Gasteiger partial charge in [-0.1, -0.05) is 11.6 Å². The number of phenols is 1. The zero-order valence-corrected chi connectivity index (χ0v) is 12.0. The van der Waals surface area contributed by atoms with E-state index in [1.807, 2.05) is 0 Å². The summed E-state index contributed by atoms with van der Waals surface area (Å²) in [7, 11) is 0. The van der Waals surface area contributed by atoms with Crippen molar-refractivity contribution in [2.75, 3.05) is 0 Å². The van der Waals surface area contributed by atoms with E-state index in [4.69, 9.17) is 16.7 Å². The van der Waals surface area contributed by atoms with Crippen molar-refractivity contribution in [3.63, 3.8) is 0 Å². The van der Waals surface area contributed by atoms with E-state index in [1.165, 1.54) is 6.07 Å². The molecule has 0 bridgehead atoms. The second kappa shape index (κ2) is 5.38. The number of benzene rings is 2. The average molecular weight is 364 g/mol. The van der Waals surface area contributed by atoms with Crippen molar-refractivity contribution in [1.29, 1.82) is 0 Å². The van der Waals surface area contributed by atoms with Gasteiger partial charge in [0.15, 0.2) is 0 Å². The van der Waals surface area contributed by atoms with Gasteiger partial charge in [-0.2, -0.15) is 0 Å². The number of carbonyl (C=O) groups is 1. The highest BCUT2D eigenvalue weighted by atomic mass is 79.9. The van der Waals surface area contributed by atoms with Crippen molar-refractivity contribution in [3.8, 4) is 16.9 Å². The topological polar surface area (TPSA) is 57.5 Å². The minimum absolute atomic E-state index is 0.0622. The summed E-state index contributed by atoms with van der Waals surface area (Å²) >= 11 is 8.76. The lowest BCUT2D eigenvalue weighted by molar-refractivity contribution is 0.0693. The molecule has 2 aromatic rings. The molecule has 0 fully saturated rings. The van der Waals surface area contributed by atoms with Crippen LogP contribution in [0.15, 0.2) is 28.7 Å². The third-order valence-corrected chi connectivity index (χ3v) is 3.49. The Morgan fingerprint density at radius 3 is 2.40 bits per heavy atom. The minimum Gasteiger partial charge on any atom is -0.506 e. The molecule has 2 aromatic carbocycles. The average Bonchev–Trinajstić information content (AvgIpc) is 2.31. The maximum atomic E-state index is 13.8. The summed E-state index contributed by atoms with van der Waals surface area (Å²) in [6.45, 7) is 0. The molecule has 0 amide bonds. The second-order valence-electron chi connectivity index (χ2n) is 3.90. The molecule has 2 N–H and O–H groups in total. The molecular formula is C13H6BrClF2O3. The van der Waals surface area contributed by atoms with Crippen molar-refractivity contribution in [2.24, 2.45) is 0 Å². The van der Waals surface area contributed by atoms with Gasteiger partial charge in [-0.15, -0.1) is 0 Å². The summed E-state index contributed by atoms with van der Waals surface area (Å²) < 4.78 is 26.9. The first kappa shape index (κ1) is 14.7. The number of hydrogen-bond donors (Lipinski definition) is 2. The van der Waals surface area contributed by atoms with Crippen LogP contribution in [0.5, 0.6) is 5.75 Å². The standard InChI is InChI=1S/C13H6BrClF2O3/c14-8-2-5(1-7(12(8)18)13(19)20)11-9(15)3-6(16)4-10(11)17/h1-4,18H,(H,19,20). The first-order valence-corrected chi connectivity index (χ1v) is 6.39. The number of aromatic carboxylic acids is 1. The minimum atomic E-state index is -1.39. The maximum absolute atomic E-state index is 13.8. The molecule has 0 aliphatic rings. The Bertz CT molecular complexity index is 696. The molecule has 104 valence electrons. The van der Waals surface area contributed by atoms with E-state index in [0.717, 1.165) is 12.1 Å². The zero-order chi connectivity index (χ0) is 15.0. The van der Waals surface area contributed by atoms with E-state index in [9.17, 15) is 18.7 Å². The number of halogens is 4. The van der Waals surface area contributed by atoms with E-state index in [2.05, 4.69) is 15.9 Å². The van der Waals surface area contributed by atoms with Gasteiger partial charge in [-0.3, -0.25) is 0 Å². The van der Waals surface area contributed by atoms with Crippen LogP contribution >= 0.6 is 27.5 Å². The van der Waals surface area contributed by atoms with Gasteiger partial charge in [-0.05, 0) is 39.7 Å². The molecule has 0 unspecified atom stereocenters. The molecule has 0 heterocycles. The lowest BCUT2D eigenvalue weighted by atomic mass is 10.0. The van der Waals surface area contributed by atoms with E-state index < -0.39 is 28.9 Å². The fourth-order valence-corrected chi connectivity index (χ4v) is 2.49. The molecule has 0 radical (unpaired) electrons. The molecule has 3 nitrogen and oxygen atoms in total. The molecule has 2 rings (SSSR count). The van der Waals surface area contributed by atoms with Crippen LogP contribution in [-0.2, 0) is 0 Å². The van der Waals surface area contributed by atoms with Crippen LogP contribution in [0.25, 0.3) is 11.1 Å². The highest BCUT2D eigenvalue weighted by Crippen LogP contribution is 2.37. The summed E-state index contributed by atoms with van der Waals surface area (Å²) in [6, 6.07) is 3.91. The Labute approximate surface area is 125 Å². The van der Waals surface area contributed by atoms with Gasteiger partial charge in [0, 0.05) is 11.6 Å². The van der Waals surface area contributed by atoms with Crippen LogP contribution < -0.4 is 0 Å². The van der Waals surface area contributed by atoms with Gasteiger partial charge < -0.3 is 10.2 Å². The Morgan fingerprint density at radius 1 is 1.20 bits per heavy atom. The van der Waals surface area contributed by atoms with Gasteiger partial charge in [-0.25, -0.2) is 13.6 Å². The quantitative estimate of drug-likeness (QED) is 0.829. The molecule has 0 saturated carbocycles. The summed E-state index contributed by atoms with van der Waals surface area (Å²) in [5, 5.41) is 18.4. The Morgan fingerprint density at radius 2 is 1.85 bits per heavy atom. The van der Waals surface area contributed by atoms with Gasteiger partial charge >= 0.3 is 5.97 Å². The van der Waals surface area contributed by atoms with Crippen LogP contribution in [0.3, 0.4) is 0 Å². The zero-order valence-electron chi connectivity index (χ0n) is 9.62. The van der Waals surface area contributed by atoms with Gasteiger partial charge in [0.05, 0.1) is 9.50 Å². The number of rotatable bonds is 2. The van der Waals surface area contributed by atoms with E-state index in [-0.39, 0.29) is 20.6 Å². The van der Waals surface area contributed by atoms with Gasteiger partial charge in [0.25, 0.3) is 0 Å². The number of carboxylic acids is 1. The predicted molar refractivity (Wildman–Crippen MR) is 73.1 cm³/mol. The smallest absolute Gasteiger partial charge is 0.339 e. The fourth-order valence-electron chi connectivity index (χ4n) is 1.72. The Hall–Kier alpha value is -1.66. The van der Waals surface area contributed by atoms with E-state index in [0.29, 0.717) is 6.07 Å². The molecule has 0 spiro atoms. The largest absolute Gasteiger partial charge is 0.506 e. The number of carboxylic acid groups (broad SMARTS) is 1. The molecular weight excluding hydrogens is 357 g/mol. The molecule has 0 atom stereocenters. The van der Waals surface area contributed by atoms with Crippen LogP contribution in [0.2, 0.25) is 5.02 Å². The molecule has 0 saturated heterocycles. The van der Waals surface area contributed by atoms with Crippen LogP contribution in [0, 0.1) is 11.6 Å². The first-order valence-electron chi connectivity index (χ1n) is 5.22. The van der Waals surface area contributed by atoms with Crippen LogP contribution in [0.1, 0.15) is 10.4 Å². The van der Waals surface area contributed by atoms with Crippen LogP contribution in [0.4, 0.5) is 8.78 Å². The monoisotopic (exact) mass is 362 g/mol. The molecule has 20 heavy (non-hydrogen) atoms. The molecule has 7 heteroatoms. The lowest BCUT2D eigenvalue weighted by Crippen LogP contribution is -1.99. The second-order valence-corrected chi connectivity index (χ2v) is 5.17. The normalized spacial score (nSPS) is 10.6. The van der Waals surface area contributed by atoms with Crippen molar-refractivity contribution in [2.45, 2.75) is 0 Å². The Kier molecular flexibility index (Phi) is 3.96. The van der Waals surface area contributed by atoms with Gasteiger partial charge in [0.2, 0.25) is 0 Å². The third-order valence-electron chi connectivity index (χ3n) is 2.59. The lowest BCUT2D eigenvalue weighted by Gasteiger charge is -2.10.